The van der Waals surface area contributed by atoms with Gasteiger partial charge in [0.15, 0.2) is 5.69 Å². The SMILES string of the molecule is CCCN(CC)C(CC)(CC)C(C)(C)NC(=O)c1cc(CC)on1. The van der Waals surface area contributed by atoms with Crippen molar-refractivity contribution < 1.29 is 9.32 Å². The highest BCUT2D eigenvalue weighted by molar-refractivity contribution is 5.92. The minimum atomic E-state index is -0.385. The average molecular weight is 338 g/mol. The van der Waals surface area contributed by atoms with E-state index in [0.29, 0.717) is 5.69 Å². The Morgan fingerprint density at radius 2 is 1.83 bits per heavy atom. The number of aromatic nitrogens is 1. The molecule has 1 aromatic heterocycles. The zero-order valence-electron chi connectivity index (χ0n) is 16.5. The molecule has 0 radical (unpaired) electrons. The van der Waals surface area contributed by atoms with Gasteiger partial charge in [-0.1, -0.05) is 39.8 Å². The molecule has 0 atom stereocenters. The van der Waals surface area contributed by atoms with Crippen LogP contribution in [-0.2, 0) is 6.42 Å². The Kier molecular flexibility index (Phi) is 7.46. The van der Waals surface area contributed by atoms with Crippen LogP contribution in [0.1, 0.15) is 84.0 Å². The van der Waals surface area contributed by atoms with Crippen molar-refractivity contribution in [2.75, 3.05) is 13.1 Å². The number of hydrogen-bond donors (Lipinski definition) is 1. The fourth-order valence-electron chi connectivity index (χ4n) is 3.97. The molecule has 1 N–H and O–H groups in total. The number of amides is 1. The van der Waals surface area contributed by atoms with E-state index in [1.807, 2.05) is 6.92 Å². The molecular formula is C19H35N3O2. The van der Waals surface area contributed by atoms with Crippen LogP contribution in [0.2, 0.25) is 0 Å². The summed E-state index contributed by atoms with van der Waals surface area (Å²) in [5.41, 5.74) is -0.117. The second kappa shape index (κ2) is 8.65. The fourth-order valence-corrected chi connectivity index (χ4v) is 3.97. The third-order valence-electron chi connectivity index (χ3n) is 5.38. The van der Waals surface area contributed by atoms with Crippen LogP contribution in [0.3, 0.4) is 0 Å². The van der Waals surface area contributed by atoms with Crippen LogP contribution in [0.15, 0.2) is 10.6 Å². The molecule has 0 saturated carbocycles. The zero-order valence-corrected chi connectivity index (χ0v) is 16.5. The van der Waals surface area contributed by atoms with Crippen molar-refractivity contribution in [3.8, 4) is 0 Å². The molecule has 1 rings (SSSR count). The maximum absolute atomic E-state index is 12.7. The first-order chi connectivity index (χ1) is 11.3. The maximum Gasteiger partial charge on any atom is 0.273 e. The van der Waals surface area contributed by atoms with E-state index in [1.54, 1.807) is 6.07 Å². The Labute approximate surface area is 147 Å². The lowest BCUT2D eigenvalue weighted by molar-refractivity contribution is 0.00620. The molecule has 1 aromatic rings. The molecule has 24 heavy (non-hydrogen) atoms. The largest absolute Gasteiger partial charge is 0.361 e. The van der Waals surface area contributed by atoms with Crippen LogP contribution in [0.4, 0.5) is 0 Å². The summed E-state index contributed by atoms with van der Waals surface area (Å²) >= 11 is 0. The van der Waals surface area contributed by atoms with Gasteiger partial charge in [0.2, 0.25) is 0 Å². The third-order valence-corrected chi connectivity index (χ3v) is 5.38. The first-order valence-electron chi connectivity index (χ1n) is 9.34. The van der Waals surface area contributed by atoms with Crippen LogP contribution in [0.5, 0.6) is 0 Å². The first kappa shape index (κ1) is 20.7. The van der Waals surface area contributed by atoms with E-state index in [1.165, 1.54) is 0 Å². The Morgan fingerprint density at radius 1 is 1.21 bits per heavy atom. The topological polar surface area (TPSA) is 58.4 Å². The predicted octanol–water partition coefficient (Wildman–Crippen LogP) is 4.04. The number of rotatable bonds is 10. The maximum atomic E-state index is 12.7. The van der Waals surface area contributed by atoms with E-state index >= 15 is 0 Å². The lowest BCUT2D eigenvalue weighted by atomic mass is 9.73. The van der Waals surface area contributed by atoms with Gasteiger partial charge in [-0.05, 0) is 46.2 Å². The van der Waals surface area contributed by atoms with E-state index in [2.05, 4.69) is 56.9 Å². The van der Waals surface area contributed by atoms with Gasteiger partial charge < -0.3 is 9.84 Å². The lowest BCUT2D eigenvalue weighted by Gasteiger charge is -2.53. The Morgan fingerprint density at radius 3 is 2.25 bits per heavy atom. The highest BCUT2D eigenvalue weighted by atomic mass is 16.5. The zero-order chi connectivity index (χ0) is 18.4. The van der Waals surface area contributed by atoms with Gasteiger partial charge in [-0.15, -0.1) is 0 Å². The fraction of sp³-hybridized carbons (Fsp3) is 0.789. The van der Waals surface area contributed by atoms with E-state index < -0.39 is 0 Å². The van der Waals surface area contributed by atoms with Gasteiger partial charge >= 0.3 is 0 Å². The van der Waals surface area contributed by atoms with Gasteiger partial charge in [-0.25, -0.2) is 0 Å². The van der Waals surface area contributed by atoms with Gasteiger partial charge in [0.25, 0.3) is 5.91 Å². The van der Waals surface area contributed by atoms with E-state index in [4.69, 9.17) is 4.52 Å². The van der Waals surface area contributed by atoms with Gasteiger partial charge in [-0.3, -0.25) is 9.69 Å². The smallest absolute Gasteiger partial charge is 0.273 e. The molecule has 138 valence electrons. The van der Waals surface area contributed by atoms with Crippen LogP contribution in [0.25, 0.3) is 0 Å². The molecule has 0 aliphatic heterocycles. The quantitative estimate of drug-likeness (QED) is 0.700. The minimum Gasteiger partial charge on any atom is -0.361 e. The number of nitrogens with one attached hydrogen (secondary N) is 1. The van der Waals surface area contributed by atoms with E-state index in [0.717, 1.165) is 44.5 Å². The molecule has 0 aliphatic carbocycles. The molecule has 0 fully saturated rings. The van der Waals surface area contributed by atoms with Crippen LogP contribution >= 0.6 is 0 Å². The number of aryl methyl sites for hydroxylation is 1. The van der Waals surface area contributed by atoms with Crippen molar-refractivity contribution >= 4 is 5.91 Å². The Balaban J connectivity index is 3.09. The van der Waals surface area contributed by atoms with Gasteiger partial charge in [0, 0.05) is 18.0 Å². The number of carbonyl (C=O) groups is 1. The van der Waals surface area contributed by atoms with Crippen molar-refractivity contribution in [3.63, 3.8) is 0 Å². The van der Waals surface area contributed by atoms with E-state index in [9.17, 15) is 4.79 Å². The van der Waals surface area contributed by atoms with Crippen LogP contribution in [0, 0.1) is 0 Å². The Bertz CT molecular complexity index is 518. The van der Waals surface area contributed by atoms with Crippen molar-refractivity contribution in [2.24, 2.45) is 0 Å². The molecule has 1 heterocycles. The second-order valence-corrected chi connectivity index (χ2v) is 6.93. The number of hydrogen-bond acceptors (Lipinski definition) is 4. The summed E-state index contributed by atoms with van der Waals surface area (Å²) in [4.78, 5) is 15.2. The van der Waals surface area contributed by atoms with Crippen molar-refractivity contribution in [2.45, 2.75) is 85.2 Å². The first-order valence-corrected chi connectivity index (χ1v) is 9.34. The van der Waals surface area contributed by atoms with Crippen LogP contribution in [-0.4, -0.2) is 40.1 Å². The summed E-state index contributed by atoms with van der Waals surface area (Å²) in [7, 11) is 0. The summed E-state index contributed by atoms with van der Waals surface area (Å²) in [6.07, 6.45) is 3.79. The number of likely N-dealkylation sites (N-methyl/N-ethyl adjacent to an activating group) is 1. The van der Waals surface area contributed by atoms with Crippen LogP contribution < -0.4 is 5.32 Å². The third kappa shape index (κ3) is 4.00. The molecule has 0 saturated heterocycles. The highest BCUT2D eigenvalue weighted by Gasteiger charge is 2.47. The minimum absolute atomic E-state index is 0.0925. The van der Waals surface area contributed by atoms with Crippen molar-refractivity contribution in [1.82, 2.24) is 15.4 Å². The standard InChI is InChI=1S/C19H35N3O2/c1-8-13-22(12-5)19(10-3,11-4)18(6,7)20-17(23)16-14-15(9-2)24-21-16/h14H,8-13H2,1-7H3,(H,20,23). The molecular weight excluding hydrogens is 302 g/mol. The summed E-state index contributed by atoms with van der Waals surface area (Å²) in [6.45, 7) is 17.0. The normalized spacial score (nSPS) is 12.7. The molecule has 1 amide bonds. The van der Waals surface area contributed by atoms with E-state index in [-0.39, 0.29) is 17.0 Å². The highest BCUT2D eigenvalue weighted by Crippen LogP contribution is 2.35. The molecule has 0 aromatic carbocycles. The van der Waals surface area contributed by atoms with Gasteiger partial charge in [-0.2, -0.15) is 0 Å². The summed E-state index contributed by atoms with van der Waals surface area (Å²) in [5.74, 6) is 0.568. The molecule has 0 unspecified atom stereocenters. The Hall–Kier alpha value is -1.36. The monoisotopic (exact) mass is 337 g/mol. The molecule has 0 bridgehead atoms. The van der Waals surface area contributed by atoms with Crippen molar-refractivity contribution in [3.05, 3.63) is 17.5 Å². The lowest BCUT2D eigenvalue weighted by Crippen LogP contribution is -2.68. The molecule has 0 spiro atoms. The predicted molar refractivity (Wildman–Crippen MR) is 98.3 cm³/mol. The number of nitrogens with zero attached hydrogens (tertiary/aromatic N) is 2. The second-order valence-electron chi connectivity index (χ2n) is 6.93. The van der Waals surface area contributed by atoms with Gasteiger partial charge in [0.05, 0.1) is 5.54 Å². The average Bonchev–Trinajstić information content (AvgIpc) is 3.04. The summed E-state index contributed by atoms with van der Waals surface area (Å²) in [5, 5.41) is 7.13. The molecule has 0 aliphatic rings. The van der Waals surface area contributed by atoms with Crippen molar-refractivity contribution in [1.29, 1.82) is 0 Å². The summed E-state index contributed by atoms with van der Waals surface area (Å²) < 4.78 is 5.17. The number of carbonyl (C=O) groups excluding carboxylic acids is 1. The van der Waals surface area contributed by atoms with Gasteiger partial charge in [0.1, 0.15) is 5.76 Å². The molecule has 5 nitrogen and oxygen atoms in total. The molecule has 5 heteroatoms. The summed E-state index contributed by atoms with van der Waals surface area (Å²) in [6, 6.07) is 1.73.